The molecular formula is C23H25F2N5O3. The molecule has 0 spiro atoms. The third kappa shape index (κ3) is 4.33. The van der Waals surface area contributed by atoms with E-state index in [1.54, 1.807) is 22.9 Å². The van der Waals surface area contributed by atoms with Crippen molar-refractivity contribution < 1.29 is 23.0 Å². The number of carbonyl (C=O) groups is 1. The first-order valence-electron chi connectivity index (χ1n) is 10.4. The fraction of sp³-hybridized carbons (Fsp3) is 0.348. The van der Waals surface area contributed by atoms with Gasteiger partial charge in [-0.15, -0.1) is 0 Å². The lowest BCUT2D eigenvalue weighted by Gasteiger charge is -2.23. The average molecular weight is 457 g/mol. The Morgan fingerprint density at radius 3 is 2.61 bits per heavy atom. The van der Waals surface area contributed by atoms with Gasteiger partial charge in [-0.05, 0) is 56.5 Å². The summed E-state index contributed by atoms with van der Waals surface area (Å²) in [7, 11) is 1.36. The number of hydrogen-bond donors (Lipinski definition) is 3. The maximum Gasteiger partial charge on any atom is 0.387 e. The molecule has 1 saturated carbocycles. The van der Waals surface area contributed by atoms with Crippen molar-refractivity contribution in [3.05, 3.63) is 47.8 Å². The summed E-state index contributed by atoms with van der Waals surface area (Å²) in [4.78, 5) is 17.1. The first kappa shape index (κ1) is 22.5. The quantitative estimate of drug-likeness (QED) is 0.352. The maximum atomic E-state index is 13.2. The fourth-order valence-corrected chi connectivity index (χ4v) is 3.54. The number of amidine groups is 1. The molecule has 4 N–H and O–H groups in total. The number of ether oxygens (including phenoxy) is 2. The first-order valence-corrected chi connectivity index (χ1v) is 10.4. The number of hydrogen-bond acceptors (Lipinski definition) is 5. The summed E-state index contributed by atoms with van der Waals surface area (Å²) < 4.78 is 38.2. The van der Waals surface area contributed by atoms with Crippen LogP contribution in [0.4, 0.5) is 8.78 Å². The number of amides is 1. The van der Waals surface area contributed by atoms with Crippen molar-refractivity contribution in [3.63, 3.8) is 0 Å². The second-order valence-corrected chi connectivity index (χ2v) is 8.50. The van der Waals surface area contributed by atoms with Gasteiger partial charge in [-0.1, -0.05) is 0 Å². The van der Waals surface area contributed by atoms with Crippen LogP contribution >= 0.6 is 0 Å². The highest BCUT2D eigenvalue weighted by Crippen LogP contribution is 2.37. The molecule has 3 aromatic rings. The number of methoxy groups -OCH3 is 1. The van der Waals surface area contributed by atoms with Crippen molar-refractivity contribution >= 4 is 17.4 Å². The molecule has 8 nitrogen and oxygen atoms in total. The lowest BCUT2D eigenvalue weighted by atomic mass is 9.84. The molecule has 1 fully saturated rings. The van der Waals surface area contributed by atoms with Gasteiger partial charge in [-0.25, -0.2) is 4.98 Å². The van der Waals surface area contributed by atoms with Crippen LogP contribution < -0.4 is 20.5 Å². The maximum absolute atomic E-state index is 13.2. The third-order valence-electron chi connectivity index (χ3n) is 5.85. The highest BCUT2D eigenvalue weighted by atomic mass is 19.3. The molecule has 0 unspecified atom stereocenters. The number of aromatic nitrogens is 2. The third-order valence-corrected chi connectivity index (χ3v) is 5.85. The van der Waals surface area contributed by atoms with Crippen LogP contribution in [0.1, 0.15) is 42.6 Å². The number of nitrogens with one attached hydrogen (secondary N) is 2. The van der Waals surface area contributed by atoms with Crippen molar-refractivity contribution in [1.82, 2.24) is 14.7 Å². The number of imidazole rings is 1. The van der Waals surface area contributed by atoms with Crippen molar-refractivity contribution in [2.45, 2.75) is 44.8 Å². The zero-order valence-corrected chi connectivity index (χ0v) is 18.5. The van der Waals surface area contributed by atoms with E-state index in [1.165, 1.54) is 13.2 Å². The molecule has 0 atom stereocenters. The summed E-state index contributed by atoms with van der Waals surface area (Å²) >= 11 is 0. The Kier molecular flexibility index (Phi) is 5.69. The Labute approximate surface area is 189 Å². The van der Waals surface area contributed by atoms with E-state index in [0.717, 1.165) is 18.4 Å². The number of pyridine rings is 1. The Bertz CT molecular complexity index is 1230. The summed E-state index contributed by atoms with van der Waals surface area (Å²) in [5, 5.41) is 10.6. The number of halogens is 2. The van der Waals surface area contributed by atoms with Gasteiger partial charge in [0.1, 0.15) is 28.5 Å². The van der Waals surface area contributed by atoms with E-state index >= 15 is 0 Å². The lowest BCUT2D eigenvalue weighted by Crippen LogP contribution is -2.34. The molecule has 10 heteroatoms. The van der Waals surface area contributed by atoms with Crippen LogP contribution in [0.15, 0.2) is 36.7 Å². The van der Waals surface area contributed by atoms with Crippen LogP contribution in [0.5, 0.6) is 11.5 Å². The molecule has 1 aliphatic carbocycles. The molecule has 1 aromatic carbocycles. The zero-order chi connectivity index (χ0) is 23.9. The van der Waals surface area contributed by atoms with Gasteiger partial charge in [0.25, 0.3) is 5.91 Å². The normalized spacial score (nSPS) is 13.9. The lowest BCUT2D eigenvalue weighted by molar-refractivity contribution is -0.0502. The topological polar surface area (TPSA) is 115 Å². The van der Waals surface area contributed by atoms with Crippen molar-refractivity contribution in [2.24, 2.45) is 5.73 Å². The monoisotopic (exact) mass is 457 g/mol. The molecular weight excluding hydrogens is 432 g/mol. The molecule has 4 rings (SSSR count). The predicted octanol–water partition coefficient (Wildman–Crippen LogP) is 3.72. The molecule has 174 valence electrons. The van der Waals surface area contributed by atoms with Crippen molar-refractivity contribution in [1.29, 1.82) is 5.41 Å². The van der Waals surface area contributed by atoms with E-state index in [0.29, 0.717) is 16.9 Å². The molecule has 2 heterocycles. The Morgan fingerprint density at radius 2 is 2.00 bits per heavy atom. The summed E-state index contributed by atoms with van der Waals surface area (Å²) in [5.74, 6) is -0.657. The molecule has 2 aromatic heterocycles. The van der Waals surface area contributed by atoms with Crippen LogP contribution in [0.25, 0.3) is 16.9 Å². The van der Waals surface area contributed by atoms with Crippen LogP contribution in [-0.2, 0) is 5.41 Å². The van der Waals surface area contributed by atoms with Crippen molar-refractivity contribution in [2.75, 3.05) is 7.11 Å². The van der Waals surface area contributed by atoms with Gasteiger partial charge in [0.2, 0.25) is 0 Å². The zero-order valence-electron chi connectivity index (χ0n) is 18.5. The first-order chi connectivity index (χ1) is 15.6. The molecule has 0 saturated heterocycles. The van der Waals surface area contributed by atoms with Gasteiger partial charge < -0.3 is 20.5 Å². The minimum Gasteiger partial charge on any atom is -0.496 e. The number of alkyl halides is 2. The standard InChI is InChI=1S/C23H25F2N5O3/c1-23(2,21(26)27)13-6-7-30-15(11-28-18(30)10-13)12-8-16(32-3)19(17(9-12)33-22(24)25)20(31)29-14-4-5-14/h6-11,14,22H,4-5H2,1-3H3,(H3,26,27)(H,29,31). The van der Waals surface area contributed by atoms with Gasteiger partial charge in [0, 0.05) is 23.2 Å². The highest BCUT2D eigenvalue weighted by molar-refractivity contribution is 6.01. The fourth-order valence-electron chi connectivity index (χ4n) is 3.54. The van der Waals surface area contributed by atoms with E-state index in [2.05, 4.69) is 10.3 Å². The molecule has 1 amide bonds. The number of carbonyl (C=O) groups excluding carboxylic acids is 1. The molecule has 0 radical (unpaired) electrons. The SMILES string of the molecule is COc1cc(-c2cnc3cc(C(C)(C)C(=N)N)ccn23)cc(OC(F)F)c1C(=O)NC1CC1. The van der Waals surface area contributed by atoms with Gasteiger partial charge in [-0.3, -0.25) is 14.6 Å². The summed E-state index contributed by atoms with van der Waals surface area (Å²) in [6.07, 6.45) is 5.05. The Hall–Kier alpha value is -3.69. The van der Waals surface area contributed by atoms with Crippen LogP contribution in [0, 0.1) is 5.41 Å². The molecule has 1 aliphatic rings. The van der Waals surface area contributed by atoms with Gasteiger partial charge in [0.15, 0.2) is 0 Å². The second kappa shape index (κ2) is 8.34. The van der Waals surface area contributed by atoms with Crippen molar-refractivity contribution in [3.8, 4) is 22.8 Å². The van der Waals surface area contributed by atoms with Crippen LogP contribution in [0.3, 0.4) is 0 Å². The summed E-state index contributed by atoms with van der Waals surface area (Å²) in [5.41, 5.74) is 7.45. The smallest absolute Gasteiger partial charge is 0.387 e. The Balaban J connectivity index is 1.81. The number of rotatable bonds is 8. The van der Waals surface area contributed by atoms with Crippen LogP contribution in [0.2, 0.25) is 0 Å². The Morgan fingerprint density at radius 1 is 1.30 bits per heavy atom. The van der Waals surface area contributed by atoms with Gasteiger partial charge >= 0.3 is 6.61 Å². The predicted molar refractivity (Wildman–Crippen MR) is 119 cm³/mol. The van der Waals surface area contributed by atoms with E-state index < -0.39 is 17.9 Å². The van der Waals surface area contributed by atoms with E-state index in [1.807, 2.05) is 26.0 Å². The van der Waals surface area contributed by atoms with E-state index in [9.17, 15) is 13.6 Å². The minimum absolute atomic E-state index is 0.0252. The number of fused-ring (bicyclic) bond motifs is 1. The average Bonchev–Trinajstić information content (AvgIpc) is 3.47. The molecule has 0 aliphatic heterocycles. The second-order valence-electron chi connectivity index (χ2n) is 8.50. The number of nitrogens with two attached hydrogens (primary N) is 1. The van der Waals surface area contributed by atoms with Gasteiger partial charge in [0.05, 0.1) is 19.0 Å². The number of benzene rings is 1. The van der Waals surface area contributed by atoms with Crippen LogP contribution in [-0.4, -0.2) is 40.9 Å². The molecule has 0 bridgehead atoms. The largest absolute Gasteiger partial charge is 0.496 e. The van der Waals surface area contributed by atoms with E-state index in [-0.39, 0.29) is 28.9 Å². The van der Waals surface area contributed by atoms with Gasteiger partial charge in [-0.2, -0.15) is 8.78 Å². The summed E-state index contributed by atoms with van der Waals surface area (Å²) in [6, 6.07) is 6.65. The summed E-state index contributed by atoms with van der Waals surface area (Å²) in [6.45, 7) is 0.570. The minimum atomic E-state index is -3.11. The number of nitrogens with zero attached hydrogens (tertiary/aromatic N) is 2. The highest BCUT2D eigenvalue weighted by Gasteiger charge is 2.29. The molecule has 33 heavy (non-hydrogen) atoms. The van der Waals surface area contributed by atoms with E-state index in [4.69, 9.17) is 20.6 Å².